The van der Waals surface area contributed by atoms with Gasteiger partial charge in [0.25, 0.3) is 0 Å². The molecule has 2 aromatic carbocycles. The number of rotatable bonds is 4. The molecule has 0 unspecified atom stereocenters. The molecule has 0 spiro atoms. The second-order valence-corrected chi connectivity index (χ2v) is 4.93. The lowest BCUT2D eigenvalue weighted by atomic mass is 9.89. The molecule has 0 amide bonds. The Morgan fingerprint density at radius 1 is 0.852 bits per heavy atom. The van der Waals surface area contributed by atoms with E-state index in [1.807, 2.05) is 33.8 Å². The molecule has 0 aliphatic carbocycles. The molecule has 0 fully saturated rings. The van der Waals surface area contributed by atoms with E-state index in [-0.39, 0.29) is 7.43 Å². The Balaban J connectivity index is -0.000000749. The maximum atomic E-state index is 4.02. The summed E-state index contributed by atoms with van der Waals surface area (Å²) in [5.41, 5.74) is 5.13. The van der Waals surface area contributed by atoms with Crippen molar-refractivity contribution in [3.63, 3.8) is 0 Å². The van der Waals surface area contributed by atoms with Crippen LogP contribution in [0.25, 0.3) is 29.0 Å². The number of aryl methyl sites for hydroxylation is 1. The minimum atomic E-state index is 0. The number of hydrogen-bond acceptors (Lipinski definition) is 0. The van der Waals surface area contributed by atoms with Crippen molar-refractivity contribution in [1.82, 2.24) is 0 Å². The third kappa shape index (κ3) is 7.83. The van der Waals surface area contributed by atoms with Gasteiger partial charge in [0.15, 0.2) is 0 Å². The van der Waals surface area contributed by atoms with E-state index in [9.17, 15) is 0 Å². The van der Waals surface area contributed by atoms with Crippen LogP contribution in [0.4, 0.5) is 0 Å². The summed E-state index contributed by atoms with van der Waals surface area (Å²) >= 11 is 0. The fraction of sp³-hybridized carbons (Fsp3) is 0.333. The van der Waals surface area contributed by atoms with Crippen LogP contribution in [-0.2, 0) is 0 Å². The minimum Gasteiger partial charge on any atom is -0.106 e. The summed E-state index contributed by atoms with van der Waals surface area (Å²) in [6.45, 7) is 24.4. The lowest BCUT2D eigenvalue weighted by Crippen LogP contribution is -1.94. The van der Waals surface area contributed by atoms with E-state index in [4.69, 9.17) is 0 Å². The summed E-state index contributed by atoms with van der Waals surface area (Å²) in [7, 11) is 0. The van der Waals surface area contributed by atoms with E-state index < -0.39 is 0 Å². The fourth-order valence-electron chi connectivity index (χ4n) is 2.70. The van der Waals surface area contributed by atoms with Crippen molar-refractivity contribution >= 4 is 29.0 Å². The second-order valence-electron chi connectivity index (χ2n) is 4.93. The molecule has 2 aromatic rings. The van der Waals surface area contributed by atoms with Crippen molar-refractivity contribution in [2.45, 2.75) is 62.3 Å². The van der Waals surface area contributed by atoms with E-state index in [0.717, 1.165) is 6.42 Å². The van der Waals surface area contributed by atoms with Crippen molar-refractivity contribution in [2.75, 3.05) is 0 Å². The molecule has 0 heteroatoms. The molecule has 0 saturated heterocycles. The van der Waals surface area contributed by atoms with E-state index in [1.54, 1.807) is 0 Å². The van der Waals surface area contributed by atoms with E-state index in [2.05, 4.69) is 89.1 Å². The summed E-state index contributed by atoms with van der Waals surface area (Å²) in [4.78, 5) is 0. The van der Waals surface area contributed by atoms with Crippen LogP contribution >= 0.6 is 0 Å². The van der Waals surface area contributed by atoms with Gasteiger partial charge in [0, 0.05) is 0 Å². The quantitative estimate of drug-likeness (QED) is 0.472. The molecule has 0 bridgehead atoms. The van der Waals surface area contributed by atoms with Gasteiger partial charge in [-0.15, -0.1) is 13.2 Å². The lowest BCUT2D eigenvalue weighted by Gasteiger charge is -2.15. The largest absolute Gasteiger partial charge is 0.106 e. The van der Waals surface area contributed by atoms with Gasteiger partial charge in [-0.3, -0.25) is 0 Å². The van der Waals surface area contributed by atoms with Crippen LogP contribution in [-0.4, -0.2) is 0 Å². The van der Waals surface area contributed by atoms with Crippen molar-refractivity contribution in [1.29, 1.82) is 0 Å². The van der Waals surface area contributed by atoms with Crippen LogP contribution in [0.5, 0.6) is 0 Å². The minimum absolute atomic E-state index is 0. The SMILES string of the molecule is C.C=C.C=Cc1c(/C=C\C)c(/C=C\CC)c(C)c2ccccc12.CC.CC. The molecule has 0 aliphatic rings. The van der Waals surface area contributed by atoms with Gasteiger partial charge in [-0.25, -0.2) is 0 Å². The van der Waals surface area contributed by atoms with Crippen LogP contribution in [0.2, 0.25) is 0 Å². The molecule has 150 valence electrons. The van der Waals surface area contributed by atoms with E-state index in [1.165, 1.54) is 33.0 Å². The first-order chi connectivity index (χ1) is 12.7. The molecule has 0 aromatic heterocycles. The number of allylic oxidation sites excluding steroid dienone is 2. The highest BCUT2D eigenvalue weighted by atomic mass is 14.1. The van der Waals surface area contributed by atoms with Gasteiger partial charge in [0.2, 0.25) is 0 Å². The molecule has 0 radical (unpaired) electrons. The third-order valence-electron chi connectivity index (χ3n) is 3.66. The molecule has 27 heavy (non-hydrogen) atoms. The fourth-order valence-corrected chi connectivity index (χ4v) is 2.70. The molecular formula is C27H42. The smallest absolute Gasteiger partial charge is 0.0103 e. The Bertz CT molecular complexity index is 700. The van der Waals surface area contributed by atoms with E-state index in [0.29, 0.717) is 0 Å². The van der Waals surface area contributed by atoms with Gasteiger partial charge in [0.05, 0.1) is 0 Å². The van der Waals surface area contributed by atoms with Crippen LogP contribution < -0.4 is 0 Å². The topological polar surface area (TPSA) is 0 Å². The first kappa shape index (κ1) is 29.4. The highest BCUT2D eigenvalue weighted by Crippen LogP contribution is 2.33. The Kier molecular flexibility index (Phi) is 20.1. The average molecular weight is 367 g/mol. The highest BCUT2D eigenvalue weighted by Gasteiger charge is 2.11. The number of hydrogen-bond donors (Lipinski definition) is 0. The van der Waals surface area contributed by atoms with Crippen molar-refractivity contribution in [3.8, 4) is 0 Å². The van der Waals surface area contributed by atoms with Gasteiger partial charge in [-0.05, 0) is 53.3 Å². The summed E-state index contributed by atoms with van der Waals surface area (Å²) in [6.07, 6.45) is 11.8. The van der Waals surface area contributed by atoms with Crippen molar-refractivity contribution in [2.24, 2.45) is 0 Å². The zero-order valence-electron chi connectivity index (χ0n) is 18.0. The van der Waals surface area contributed by atoms with Gasteiger partial charge in [-0.2, -0.15) is 0 Å². The monoisotopic (exact) mass is 366 g/mol. The lowest BCUT2D eigenvalue weighted by molar-refractivity contribution is 1.23. The summed E-state index contributed by atoms with van der Waals surface area (Å²) in [5.74, 6) is 0. The number of fused-ring (bicyclic) bond motifs is 1. The summed E-state index contributed by atoms with van der Waals surface area (Å²) in [6, 6.07) is 8.57. The molecule has 0 heterocycles. The molecular weight excluding hydrogens is 324 g/mol. The van der Waals surface area contributed by atoms with Gasteiger partial charge in [-0.1, -0.05) is 103 Å². The van der Waals surface area contributed by atoms with Gasteiger partial charge in [0.1, 0.15) is 0 Å². The maximum Gasteiger partial charge on any atom is -0.0103 e. The molecule has 0 atom stereocenters. The van der Waals surface area contributed by atoms with Crippen LogP contribution in [0.15, 0.2) is 56.2 Å². The first-order valence-electron chi connectivity index (χ1n) is 9.71. The molecule has 0 saturated carbocycles. The Morgan fingerprint density at radius 3 is 1.81 bits per heavy atom. The second kappa shape index (κ2) is 18.5. The number of benzene rings is 2. The predicted octanol–water partition coefficient (Wildman–Crippen LogP) is 9.74. The molecule has 0 nitrogen and oxygen atoms in total. The standard InChI is InChI=1S/C20H22.2C2H6.C2H4.CH4/c1-5-8-12-17-15(4)18-13-9-10-14-20(18)16(7-3)19(17)11-6-2;3*1-2;/h6-14H,3,5H2,1-2,4H3;2*1-2H3;1-2H2;1H4/b11-6-,12-8-;;;;. The zero-order chi connectivity index (χ0) is 20.5. The molecule has 0 aliphatic heterocycles. The van der Waals surface area contributed by atoms with Gasteiger partial charge < -0.3 is 0 Å². The average Bonchev–Trinajstić information content (AvgIpc) is 2.73. The van der Waals surface area contributed by atoms with Crippen molar-refractivity contribution < 1.29 is 0 Å². The maximum absolute atomic E-state index is 4.02. The van der Waals surface area contributed by atoms with Gasteiger partial charge >= 0.3 is 0 Å². The van der Waals surface area contributed by atoms with Crippen molar-refractivity contribution in [3.05, 3.63) is 78.4 Å². The third-order valence-corrected chi connectivity index (χ3v) is 3.66. The normalized spacial score (nSPS) is 9.30. The summed E-state index contributed by atoms with van der Waals surface area (Å²) in [5, 5.41) is 2.59. The van der Waals surface area contributed by atoms with E-state index >= 15 is 0 Å². The summed E-state index contributed by atoms with van der Waals surface area (Å²) < 4.78 is 0. The van der Waals surface area contributed by atoms with Crippen LogP contribution in [0.1, 0.15) is 77.6 Å². The Labute approximate surface area is 170 Å². The Hall–Kier alpha value is -2.34. The van der Waals surface area contributed by atoms with Crippen LogP contribution in [0.3, 0.4) is 0 Å². The molecule has 2 rings (SSSR count). The Morgan fingerprint density at radius 2 is 1.37 bits per heavy atom. The highest BCUT2D eigenvalue weighted by molar-refractivity contribution is 5.99. The zero-order valence-corrected chi connectivity index (χ0v) is 18.0. The molecule has 0 N–H and O–H groups in total. The van der Waals surface area contributed by atoms with Crippen LogP contribution in [0, 0.1) is 6.92 Å². The first-order valence-corrected chi connectivity index (χ1v) is 9.71. The predicted molar refractivity (Wildman–Crippen MR) is 133 cm³/mol.